The Balaban J connectivity index is 4.15. The lowest BCUT2D eigenvalue weighted by atomic mass is 10.2. The predicted molar refractivity (Wildman–Crippen MR) is 68.3 cm³/mol. The van der Waals surface area contributed by atoms with Crippen molar-refractivity contribution in [2.75, 3.05) is 40.0 Å². The summed E-state index contributed by atoms with van der Waals surface area (Å²) >= 11 is 0. The second kappa shape index (κ2) is 9.70. The van der Waals surface area contributed by atoms with E-state index in [0.717, 1.165) is 0 Å². The Hall–Kier alpha value is -1.30. The lowest BCUT2D eigenvalue weighted by molar-refractivity contribution is -0.141. The minimum Gasteiger partial charge on any atom is -0.465 e. The van der Waals surface area contributed by atoms with Crippen molar-refractivity contribution < 1.29 is 19.1 Å². The van der Waals surface area contributed by atoms with Crippen LogP contribution in [0.2, 0.25) is 0 Å². The second-order valence-electron chi connectivity index (χ2n) is 4.30. The van der Waals surface area contributed by atoms with E-state index in [-0.39, 0.29) is 12.6 Å². The molecule has 2 amide bonds. The maximum absolute atomic E-state index is 11.8. The molecule has 0 bridgehead atoms. The Morgan fingerprint density at radius 1 is 1.33 bits per heavy atom. The lowest BCUT2D eigenvalue weighted by Gasteiger charge is -2.24. The van der Waals surface area contributed by atoms with Crippen LogP contribution < -0.4 is 5.32 Å². The number of hydrogen-bond donors (Lipinski definition) is 1. The van der Waals surface area contributed by atoms with E-state index in [4.69, 9.17) is 9.47 Å². The van der Waals surface area contributed by atoms with Gasteiger partial charge in [-0.25, -0.2) is 4.79 Å². The molecule has 0 aromatic carbocycles. The molecule has 0 aromatic heterocycles. The van der Waals surface area contributed by atoms with Crippen LogP contribution >= 0.6 is 0 Å². The Labute approximate surface area is 109 Å². The summed E-state index contributed by atoms with van der Waals surface area (Å²) < 4.78 is 9.69. The van der Waals surface area contributed by atoms with Gasteiger partial charge in [0.1, 0.15) is 6.54 Å². The molecule has 0 atom stereocenters. The van der Waals surface area contributed by atoms with Gasteiger partial charge in [-0.15, -0.1) is 0 Å². The predicted octanol–water partition coefficient (Wildman–Crippen LogP) is 0.863. The van der Waals surface area contributed by atoms with Crippen molar-refractivity contribution in [3.8, 4) is 0 Å². The fraction of sp³-hybridized carbons (Fsp3) is 0.833. The minimum absolute atomic E-state index is 0.103. The number of amides is 2. The van der Waals surface area contributed by atoms with Crippen LogP contribution in [0.1, 0.15) is 20.8 Å². The van der Waals surface area contributed by atoms with Gasteiger partial charge < -0.3 is 19.7 Å². The van der Waals surface area contributed by atoms with E-state index >= 15 is 0 Å². The van der Waals surface area contributed by atoms with E-state index in [9.17, 15) is 9.59 Å². The Kier molecular flexibility index (Phi) is 9.00. The zero-order chi connectivity index (χ0) is 14.0. The molecule has 1 N–H and O–H groups in total. The summed E-state index contributed by atoms with van der Waals surface area (Å²) in [6, 6.07) is -0.270. The largest absolute Gasteiger partial charge is 0.465 e. The normalized spacial score (nSPS) is 10.3. The highest BCUT2D eigenvalue weighted by molar-refractivity contribution is 5.80. The summed E-state index contributed by atoms with van der Waals surface area (Å²) in [5, 5.41) is 2.54. The fourth-order valence-electron chi connectivity index (χ4n) is 1.39. The van der Waals surface area contributed by atoms with Gasteiger partial charge in [-0.05, 0) is 12.8 Å². The van der Waals surface area contributed by atoms with Crippen molar-refractivity contribution in [1.82, 2.24) is 10.2 Å². The first-order valence-electron chi connectivity index (χ1n) is 6.18. The third kappa shape index (κ3) is 7.89. The number of rotatable bonds is 8. The van der Waals surface area contributed by atoms with Gasteiger partial charge in [0, 0.05) is 20.2 Å². The zero-order valence-electron chi connectivity index (χ0n) is 11.7. The van der Waals surface area contributed by atoms with E-state index in [1.54, 1.807) is 18.9 Å². The molecular formula is C12H24N2O4. The van der Waals surface area contributed by atoms with Crippen molar-refractivity contribution in [3.05, 3.63) is 0 Å². The number of carbonyl (C=O) groups excluding carboxylic acids is 2. The van der Waals surface area contributed by atoms with Crippen LogP contribution in [0.15, 0.2) is 0 Å². The molecule has 0 spiro atoms. The van der Waals surface area contributed by atoms with Gasteiger partial charge in [-0.1, -0.05) is 13.8 Å². The molecule has 0 aromatic rings. The zero-order valence-corrected chi connectivity index (χ0v) is 11.7. The first-order valence-corrected chi connectivity index (χ1v) is 6.18. The minimum atomic E-state index is -0.429. The van der Waals surface area contributed by atoms with Crippen LogP contribution in [0.4, 0.5) is 4.79 Å². The van der Waals surface area contributed by atoms with E-state index in [0.29, 0.717) is 32.2 Å². The Bertz CT molecular complexity index is 256. The highest BCUT2D eigenvalue weighted by Crippen LogP contribution is 1.99. The fourth-order valence-corrected chi connectivity index (χ4v) is 1.39. The van der Waals surface area contributed by atoms with Crippen molar-refractivity contribution >= 4 is 12.0 Å². The lowest BCUT2D eigenvalue weighted by Crippen LogP contribution is -2.45. The summed E-state index contributed by atoms with van der Waals surface area (Å²) in [6.45, 7) is 7.59. The van der Waals surface area contributed by atoms with Crippen LogP contribution in [0, 0.1) is 5.92 Å². The van der Waals surface area contributed by atoms with Gasteiger partial charge in [-0.3, -0.25) is 4.79 Å². The molecule has 0 saturated heterocycles. The number of hydrogen-bond acceptors (Lipinski definition) is 4. The maximum atomic E-state index is 11.8. The number of esters is 1. The van der Waals surface area contributed by atoms with Crippen molar-refractivity contribution in [1.29, 1.82) is 0 Å². The third-order valence-corrected chi connectivity index (χ3v) is 2.13. The molecule has 6 heteroatoms. The molecule has 0 rings (SSSR count). The van der Waals surface area contributed by atoms with Crippen LogP contribution in [0.3, 0.4) is 0 Å². The third-order valence-electron chi connectivity index (χ3n) is 2.13. The van der Waals surface area contributed by atoms with Crippen molar-refractivity contribution in [2.45, 2.75) is 20.8 Å². The summed E-state index contributed by atoms with van der Waals surface area (Å²) in [5.41, 5.74) is 0. The number of ether oxygens (including phenoxy) is 2. The summed E-state index contributed by atoms with van der Waals surface area (Å²) in [4.78, 5) is 24.6. The van der Waals surface area contributed by atoms with Gasteiger partial charge in [0.05, 0.1) is 13.2 Å². The number of carbonyl (C=O) groups is 2. The Morgan fingerprint density at radius 2 is 2.00 bits per heavy atom. The molecule has 106 valence electrons. The molecule has 0 unspecified atom stereocenters. The highest BCUT2D eigenvalue weighted by atomic mass is 16.5. The van der Waals surface area contributed by atoms with E-state index in [2.05, 4.69) is 5.32 Å². The number of nitrogens with zero attached hydrogens (tertiary/aromatic N) is 1. The number of nitrogens with one attached hydrogen (secondary N) is 1. The average molecular weight is 260 g/mol. The molecule has 6 nitrogen and oxygen atoms in total. The molecular weight excluding hydrogens is 236 g/mol. The molecule has 0 radical (unpaired) electrons. The van der Waals surface area contributed by atoms with Crippen molar-refractivity contribution in [2.24, 2.45) is 5.92 Å². The second-order valence-corrected chi connectivity index (χ2v) is 4.30. The van der Waals surface area contributed by atoms with Gasteiger partial charge in [0.15, 0.2) is 0 Å². The van der Waals surface area contributed by atoms with E-state index in [1.165, 1.54) is 0 Å². The van der Waals surface area contributed by atoms with E-state index < -0.39 is 5.97 Å². The van der Waals surface area contributed by atoms with Gasteiger partial charge >= 0.3 is 12.0 Å². The summed E-state index contributed by atoms with van der Waals surface area (Å²) in [6.07, 6.45) is 0. The topological polar surface area (TPSA) is 67.9 Å². The molecule has 0 aliphatic heterocycles. The van der Waals surface area contributed by atoms with Gasteiger partial charge in [0.25, 0.3) is 0 Å². The monoisotopic (exact) mass is 260 g/mol. The van der Waals surface area contributed by atoms with Crippen LogP contribution in [-0.4, -0.2) is 56.9 Å². The molecule has 0 saturated carbocycles. The van der Waals surface area contributed by atoms with Crippen LogP contribution in [-0.2, 0) is 14.3 Å². The molecule has 0 heterocycles. The summed E-state index contributed by atoms with van der Waals surface area (Å²) in [5.74, 6) is -0.0720. The maximum Gasteiger partial charge on any atom is 0.325 e. The summed E-state index contributed by atoms with van der Waals surface area (Å²) in [7, 11) is 1.59. The standard InChI is InChI=1S/C12H24N2O4/c1-5-18-11(15)8-13-12(16)14(6-7-17-4)9-10(2)3/h10H,5-9H2,1-4H3,(H,13,16). The number of urea groups is 1. The van der Waals surface area contributed by atoms with Crippen LogP contribution in [0.25, 0.3) is 0 Å². The average Bonchev–Trinajstić information content (AvgIpc) is 2.31. The molecule has 0 fully saturated rings. The molecule has 0 aliphatic rings. The molecule has 0 aliphatic carbocycles. The van der Waals surface area contributed by atoms with Crippen LogP contribution in [0.5, 0.6) is 0 Å². The first-order chi connectivity index (χ1) is 8.51. The highest BCUT2D eigenvalue weighted by Gasteiger charge is 2.15. The van der Waals surface area contributed by atoms with Gasteiger partial charge in [-0.2, -0.15) is 0 Å². The van der Waals surface area contributed by atoms with Crippen molar-refractivity contribution in [3.63, 3.8) is 0 Å². The SMILES string of the molecule is CCOC(=O)CNC(=O)N(CCOC)CC(C)C. The smallest absolute Gasteiger partial charge is 0.325 e. The Morgan fingerprint density at radius 3 is 2.50 bits per heavy atom. The van der Waals surface area contributed by atoms with E-state index in [1.807, 2.05) is 13.8 Å². The quantitative estimate of drug-likeness (QED) is 0.657. The van der Waals surface area contributed by atoms with Gasteiger partial charge in [0.2, 0.25) is 0 Å². The molecule has 18 heavy (non-hydrogen) atoms. The first kappa shape index (κ1) is 16.7. The number of methoxy groups -OCH3 is 1.